The Morgan fingerprint density at radius 3 is 1.84 bits per heavy atom. The molecule has 2 aromatic heterocycles. The summed E-state index contributed by atoms with van der Waals surface area (Å²) in [6.07, 6.45) is 8.90. The van der Waals surface area contributed by atoms with Gasteiger partial charge in [-0.2, -0.15) is 0 Å². The van der Waals surface area contributed by atoms with Gasteiger partial charge in [0.2, 0.25) is 11.4 Å². The first-order valence-electron chi connectivity index (χ1n) is 18.5. The summed E-state index contributed by atoms with van der Waals surface area (Å²) in [6, 6.07) is 45.3. The Hall–Kier alpha value is -5.60. The largest absolute Gasteiger partial charge is 0.416 e. The Morgan fingerprint density at radius 1 is 0.400 bits per heavy atom. The highest BCUT2D eigenvalue weighted by Gasteiger charge is 2.71. The van der Waals surface area contributed by atoms with Crippen molar-refractivity contribution in [3.05, 3.63) is 234 Å². The van der Waals surface area contributed by atoms with Crippen molar-refractivity contribution in [3.8, 4) is 0 Å². The molecular formula is C48H32N2+2. The average molecular weight is 637 g/mol. The Morgan fingerprint density at radius 2 is 1.00 bits per heavy atom. The minimum Gasteiger partial charge on any atom is -0.129 e. The number of fused-ring (bicyclic) bond motifs is 7. The van der Waals surface area contributed by atoms with Crippen LogP contribution in [0.15, 0.2) is 128 Å². The van der Waals surface area contributed by atoms with Crippen molar-refractivity contribution in [1.82, 2.24) is 0 Å². The van der Waals surface area contributed by atoms with E-state index in [0.29, 0.717) is 0 Å². The van der Waals surface area contributed by atoms with Crippen LogP contribution in [0.2, 0.25) is 0 Å². The monoisotopic (exact) mass is 636 g/mol. The van der Waals surface area contributed by atoms with Gasteiger partial charge in [-0.05, 0) is 103 Å². The van der Waals surface area contributed by atoms with Crippen LogP contribution in [0.4, 0.5) is 0 Å². The maximum Gasteiger partial charge on any atom is 0.416 e. The summed E-state index contributed by atoms with van der Waals surface area (Å²) in [5, 5.41) is 0. The molecule has 2 aliphatic heterocycles. The second-order valence-electron chi connectivity index (χ2n) is 15.8. The molecule has 50 heavy (non-hydrogen) atoms. The third-order valence-electron chi connectivity index (χ3n) is 13.9. The molecule has 7 aliphatic rings. The predicted molar refractivity (Wildman–Crippen MR) is 191 cm³/mol. The van der Waals surface area contributed by atoms with Crippen molar-refractivity contribution >= 4 is 0 Å². The number of benzene rings is 5. The highest BCUT2D eigenvalue weighted by Crippen LogP contribution is 2.63. The van der Waals surface area contributed by atoms with Crippen molar-refractivity contribution in [1.29, 1.82) is 0 Å². The number of nitrogens with zero attached hydrogens (tertiary/aromatic N) is 2. The quantitative estimate of drug-likeness (QED) is 0.151. The van der Waals surface area contributed by atoms with Gasteiger partial charge in [0.25, 0.3) is 0 Å². The standard InChI is InChI=1S/C48H32N2/c1-3-14-34-27(10-1)22-32-25-33-24-29-12-7-11-28-23-31-13-8-20-50-47(31)44(38(28)29)41(33)46-40(32)42(34)36-18-17-30-21-26-9-2-4-15-35(26)43-37-16-5-6-19-49(37)48(46,50)45(36)39(30)43/h1-20,25,42-44H,21-24H2/q+2. The molecule has 0 saturated heterocycles. The first kappa shape index (κ1) is 25.4. The third kappa shape index (κ3) is 2.56. The molecule has 7 aromatic rings. The molecule has 0 N–H and O–H groups in total. The Kier molecular flexibility index (Phi) is 4.18. The van der Waals surface area contributed by atoms with Crippen molar-refractivity contribution in [2.24, 2.45) is 0 Å². The molecule has 5 aliphatic carbocycles. The van der Waals surface area contributed by atoms with Gasteiger partial charge >= 0.3 is 5.66 Å². The van der Waals surface area contributed by atoms with Crippen molar-refractivity contribution in [2.75, 3.05) is 0 Å². The van der Waals surface area contributed by atoms with Gasteiger partial charge in [0.1, 0.15) is 11.1 Å². The smallest absolute Gasteiger partial charge is 0.129 e. The maximum absolute atomic E-state index is 2.81. The second kappa shape index (κ2) is 8.22. The fraction of sp³-hybridized carbons (Fsp3) is 0.167. The molecule has 1 spiro atoms. The Bertz CT molecular complexity index is 2800. The van der Waals surface area contributed by atoms with E-state index in [2.05, 4.69) is 137 Å². The lowest BCUT2D eigenvalue weighted by molar-refractivity contribution is -0.980. The molecule has 0 radical (unpaired) electrons. The Labute approximate surface area is 291 Å². The van der Waals surface area contributed by atoms with Crippen LogP contribution in [0, 0.1) is 0 Å². The number of rotatable bonds is 0. The third-order valence-corrected chi connectivity index (χ3v) is 13.9. The summed E-state index contributed by atoms with van der Waals surface area (Å²) in [4.78, 5) is 0. The zero-order chi connectivity index (χ0) is 32.0. The topological polar surface area (TPSA) is 7.76 Å². The number of pyridine rings is 2. The minimum absolute atomic E-state index is 0.196. The molecule has 0 fully saturated rings. The fourth-order valence-corrected chi connectivity index (χ4v) is 12.5. The van der Waals surface area contributed by atoms with Crippen LogP contribution in [-0.2, 0) is 31.3 Å². The molecule has 232 valence electrons. The molecular weight excluding hydrogens is 605 g/mol. The van der Waals surface area contributed by atoms with E-state index in [9.17, 15) is 0 Å². The SMILES string of the molecule is c1ccc2c(c1)Cc1cc3c4c5c1C2c1ccc2c6c1C5([n+]1ccccc1C6c1ccccc1C2)[n+]1cccc2c1C4c1c(cccc1C2)C3. The molecule has 2 nitrogen and oxygen atoms in total. The van der Waals surface area contributed by atoms with Gasteiger partial charge in [0, 0.05) is 36.1 Å². The highest BCUT2D eigenvalue weighted by atomic mass is 15.3. The molecule has 2 heteroatoms. The van der Waals surface area contributed by atoms with E-state index < -0.39 is 5.66 Å². The lowest BCUT2D eigenvalue weighted by Gasteiger charge is -2.50. The summed E-state index contributed by atoms with van der Waals surface area (Å²) >= 11 is 0. The van der Waals surface area contributed by atoms with Gasteiger partial charge in [0.05, 0.1) is 11.8 Å². The van der Waals surface area contributed by atoms with Crippen molar-refractivity contribution < 1.29 is 9.13 Å². The van der Waals surface area contributed by atoms with E-state index in [4.69, 9.17) is 0 Å². The summed E-state index contributed by atoms with van der Waals surface area (Å²) in [7, 11) is 0. The van der Waals surface area contributed by atoms with Crippen LogP contribution >= 0.6 is 0 Å². The summed E-state index contributed by atoms with van der Waals surface area (Å²) in [5.41, 5.74) is 28.4. The normalized spacial score (nSPS) is 23.2. The molecule has 4 unspecified atom stereocenters. The lowest BCUT2D eigenvalue weighted by atomic mass is 9.54. The van der Waals surface area contributed by atoms with E-state index >= 15 is 0 Å². The van der Waals surface area contributed by atoms with Crippen molar-refractivity contribution in [3.63, 3.8) is 0 Å². The highest BCUT2D eigenvalue weighted by molar-refractivity contribution is 5.75. The number of hydrogen-bond donors (Lipinski definition) is 0. The van der Waals surface area contributed by atoms with E-state index in [1.165, 1.54) is 67.0 Å². The van der Waals surface area contributed by atoms with Gasteiger partial charge in [-0.15, -0.1) is 9.13 Å². The fourth-order valence-electron chi connectivity index (χ4n) is 12.5. The van der Waals surface area contributed by atoms with Crippen LogP contribution in [0.5, 0.6) is 0 Å². The van der Waals surface area contributed by atoms with Gasteiger partial charge in [-0.25, -0.2) is 0 Å². The van der Waals surface area contributed by atoms with Crippen LogP contribution in [0.25, 0.3) is 0 Å². The van der Waals surface area contributed by atoms with Crippen molar-refractivity contribution in [2.45, 2.75) is 49.1 Å². The van der Waals surface area contributed by atoms with Crippen LogP contribution in [0.3, 0.4) is 0 Å². The van der Waals surface area contributed by atoms with Gasteiger partial charge in [-0.3, -0.25) is 0 Å². The van der Waals surface area contributed by atoms with E-state index in [-0.39, 0.29) is 17.8 Å². The summed E-state index contributed by atoms with van der Waals surface area (Å²) in [5.74, 6) is 0.671. The number of hydrogen-bond acceptors (Lipinski definition) is 0. The van der Waals surface area contributed by atoms with Gasteiger partial charge < -0.3 is 0 Å². The molecule has 14 rings (SSSR count). The summed E-state index contributed by atoms with van der Waals surface area (Å²) < 4.78 is 5.56. The van der Waals surface area contributed by atoms with Crippen LogP contribution < -0.4 is 9.13 Å². The van der Waals surface area contributed by atoms with E-state index in [1.807, 2.05) is 0 Å². The first-order valence-corrected chi connectivity index (χ1v) is 18.5. The second-order valence-corrected chi connectivity index (χ2v) is 15.8. The molecule has 4 heterocycles. The molecule has 5 aromatic carbocycles. The molecule has 0 saturated carbocycles. The zero-order valence-corrected chi connectivity index (χ0v) is 27.6. The molecule has 4 atom stereocenters. The maximum atomic E-state index is 2.81. The number of aromatic nitrogens is 2. The average Bonchev–Trinajstić information content (AvgIpc) is 3.16. The van der Waals surface area contributed by atoms with Crippen LogP contribution in [-0.4, -0.2) is 0 Å². The zero-order valence-electron chi connectivity index (χ0n) is 27.6. The first-order chi connectivity index (χ1) is 24.8. The van der Waals surface area contributed by atoms with Gasteiger partial charge in [-0.1, -0.05) is 91.0 Å². The Balaban J connectivity index is 1.25. The van der Waals surface area contributed by atoms with E-state index in [1.54, 1.807) is 38.9 Å². The molecule has 0 amide bonds. The summed E-state index contributed by atoms with van der Waals surface area (Å²) in [6.45, 7) is 0. The van der Waals surface area contributed by atoms with Gasteiger partial charge in [0.15, 0.2) is 12.4 Å². The predicted octanol–water partition coefficient (Wildman–Crippen LogP) is 7.66. The molecule has 0 bridgehead atoms. The lowest BCUT2D eigenvalue weighted by Crippen LogP contribution is -2.81. The van der Waals surface area contributed by atoms with Crippen LogP contribution in [0.1, 0.15) is 124 Å². The minimum atomic E-state index is -0.510. The van der Waals surface area contributed by atoms with E-state index in [0.717, 1.165) is 25.7 Å².